The van der Waals surface area contributed by atoms with Gasteiger partial charge in [0.1, 0.15) is 5.60 Å². The van der Waals surface area contributed by atoms with Crippen LogP contribution in [0.3, 0.4) is 0 Å². The molecule has 1 aliphatic carbocycles. The number of nitrogens with zero attached hydrogens (tertiary/aromatic N) is 2. The molecule has 1 aromatic rings. The van der Waals surface area contributed by atoms with Gasteiger partial charge in [-0.2, -0.15) is 4.98 Å². The van der Waals surface area contributed by atoms with Gasteiger partial charge in [-0.3, -0.25) is 0 Å². The maximum Gasteiger partial charge on any atom is 0.226 e. The van der Waals surface area contributed by atoms with E-state index < -0.39 is 0 Å². The normalized spacial score (nSPS) is 27.7. The van der Waals surface area contributed by atoms with E-state index in [1.807, 2.05) is 0 Å². The third-order valence-corrected chi connectivity index (χ3v) is 4.57. The minimum atomic E-state index is -0.341. The number of rotatable bonds is 7. The lowest BCUT2D eigenvalue weighted by Gasteiger charge is -2.36. The Morgan fingerprint density at radius 3 is 3.00 bits per heavy atom. The molecule has 3 atom stereocenters. The average molecular weight is 295 g/mol. The second-order valence-electron chi connectivity index (χ2n) is 6.41. The highest BCUT2D eigenvalue weighted by Crippen LogP contribution is 2.41. The van der Waals surface area contributed by atoms with E-state index in [1.165, 1.54) is 6.42 Å². The zero-order valence-electron chi connectivity index (χ0n) is 13.8. The number of nitrogens with one attached hydrogen (secondary N) is 1. The first-order chi connectivity index (χ1) is 10.1. The van der Waals surface area contributed by atoms with Gasteiger partial charge in [0, 0.05) is 19.6 Å². The summed E-state index contributed by atoms with van der Waals surface area (Å²) >= 11 is 0. The molecule has 0 amide bonds. The molecule has 0 radical (unpaired) electrons. The number of methoxy groups -OCH3 is 1. The first kappa shape index (κ1) is 16.4. The van der Waals surface area contributed by atoms with E-state index >= 15 is 0 Å². The fourth-order valence-corrected chi connectivity index (χ4v) is 3.31. The zero-order valence-corrected chi connectivity index (χ0v) is 13.8. The van der Waals surface area contributed by atoms with Crippen LogP contribution in [-0.2, 0) is 16.8 Å². The molecule has 1 saturated carbocycles. The predicted molar refractivity (Wildman–Crippen MR) is 82.1 cm³/mol. The zero-order chi connectivity index (χ0) is 15.3. The second-order valence-corrected chi connectivity index (χ2v) is 6.41. The maximum absolute atomic E-state index is 5.82. The van der Waals surface area contributed by atoms with Gasteiger partial charge in [0.25, 0.3) is 0 Å². The van der Waals surface area contributed by atoms with Crippen molar-refractivity contribution in [1.82, 2.24) is 15.5 Å². The molecule has 2 rings (SSSR count). The van der Waals surface area contributed by atoms with Crippen molar-refractivity contribution in [3.63, 3.8) is 0 Å². The van der Waals surface area contributed by atoms with Gasteiger partial charge in [-0.25, -0.2) is 0 Å². The van der Waals surface area contributed by atoms with Crippen molar-refractivity contribution in [2.75, 3.05) is 13.7 Å². The SMILES string of the molecule is CCNC(C)CCc1nc(C2(OC)CCCC(C)C2)no1. The topological polar surface area (TPSA) is 60.2 Å². The molecule has 0 aliphatic heterocycles. The Morgan fingerprint density at radius 2 is 2.33 bits per heavy atom. The summed E-state index contributed by atoms with van der Waals surface area (Å²) in [5, 5.41) is 7.61. The van der Waals surface area contributed by atoms with Gasteiger partial charge in [0.15, 0.2) is 0 Å². The molecule has 21 heavy (non-hydrogen) atoms. The summed E-state index contributed by atoms with van der Waals surface area (Å²) in [5.41, 5.74) is -0.341. The number of hydrogen-bond donors (Lipinski definition) is 1. The standard InChI is InChI=1S/C16H29N3O2/c1-5-17-13(3)8-9-14-18-15(19-21-14)16(20-4)10-6-7-12(2)11-16/h12-13,17H,5-11H2,1-4H3. The van der Waals surface area contributed by atoms with Crippen LogP contribution in [0.5, 0.6) is 0 Å². The van der Waals surface area contributed by atoms with E-state index in [4.69, 9.17) is 9.26 Å². The number of hydrogen-bond acceptors (Lipinski definition) is 5. The minimum absolute atomic E-state index is 0.341. The lowest BCUT2D eigenvalue weighted by atomic mass is 9.78. The Labute approximate surface area is 127 Å². The summed E-state index contributed by atoms with van der Waals surface area (Å²) in [6.45, 7) is 7.56. The van der Waals surface area contributed by atoms with Gasteiger partial charge in [0.2, 0.25) is 11.7 Å². The Bertz CT molecular complexity index is 435. The minimum Gasteiger partial charge on any atom is -0.370 e. The molecule has 0 saturated heterocycles. The van der Waals surface area contributed by atoms with Crippen LogP contribution in [0.2, 0.25) is 0 Å². The molecule has 1 fully saturated rings. The largest absolute Gasteiger partial charge is 0.370 e. The smallest absolute Gasteiger partial charge is 0.226 e. The first-order valence-corrected chi connectivity index (χ1v) is 8.21. The van der Waals surface area contributed by atoms with Gasteiger partial charge in [-0.1, -0.05) is 25.4 Å². The van der Waals surface area contributed by atoms with Gasteiger partial charge in [-0.15, -0.1) is 0 Å². The molecule has 0 bridgehead atoms. The fourth-order valence-electron chi connectivity index (χ4n) is 3.31. The fraction of sp³-hybridized carbons (Fsp3) is 0.875. The molecule has 5 nitrogen and oxygen atoms in total. The third kappa shape index (κ3) is 4.04. The van der Waals surface area contributed by atoms with E-state index in [2.05, 4.69) is 36.2 Å². The monoisotopic (exact) mass is 295 g/mol. The van der Waals surface area contributed by atoms with Crippen LogP contribution in [-0.4, -0.2) is 29.8 Å². The van der Waals surface area contributed by atoms with Crippen LogP contribution in [0.1, 0.15) is 64.6 Å². The summed E-state index contributed by atoms with van der Waals surface area (Å²) in [5.74, 6) is 2.11. The highest BCUT2D eigenvalue weighted by molar-refractivity contribution is 5.04. The van der Waals surface area contributed by atoms with Crippen LogP contribution in [0.4, 0.5) is 0 Å². The van der Waals surface area contributed by atoms with Gasteiger partial charge >= 0.3 is 0 Å². The molecule has 5 heteroatoms. The summed E-state index contributed by atoms with van der Waals surface area (Å²) < 4.78 is 11.3. The van der Waals surface area contributed by atoms with E-state index in [0.29, 0.717) is 12.0 Å². The van der Waals surface area contributed by atoms with Gasteiger partial charge in [0.05, 0.1) is 0 Å². The van der Waals surface area contributed by atoms with E-state index in [9.17, 15) is 0 Å². The van der Waals surface area contributed by atoms with Crippen molar-refractivity contribution in [3.8, 4) is 0 Å². The quantitative estimate of drug-likeness (QED) is 0.837. The lowest BCUT2D eigenvalue weighted by Crippen LogP contribution is -2.35. The van der Waals surface area contributed by atoms with Crippen molar-refractivity contribution in [2.45, 2.75) is 70.9 Å². The molecule has 120 valence electrons. The Hall–Kier alpha value is -0.940. The molecule has 0 spiro atoms. The molecule has 3 unspecified atom stereocenters. The van der Waals surface area contributed by atoms with E-state index in [1.54, 1.807) is 7.11 Å². The van der Waals surface area contributed by atoms with E-state index in [0.717, 1.165) is 50.4 Å². The first-order valence-electron chi connectivity index (χ1n) is 8.21. The Morgan fingerprint density at radius 1 is 1.52 bits per heavy atom. The molecule has 0 aromatic carbocycles. The van der Waals surface area contributed by atoms with Crippen LogP contribution >= 0.6 is 0 Å². The number of aromatic nitrogens is 2. The molecular weight excluding hydrogens is 266 g/mol. The molecular formula is C16H29N3O2. The van der Waals surface area contributed by atoms with Gasteiger partial charge < -0.3 is 14.6 Å². The molecule has 1 aromatic heterocycles. The van der Waals surface area contributed by atoms with Crippen LogP contribution in [0.25, 0.3) is 0 Å². The van der Waals surface area contributed by atoms with Crippen LogP contribution in [0, 0.1) is 5.92 Å². The highest BCUT2D eigenvalue weighted by atomic mass is 16.5. The lowest BCUT2D eigenvalue weighted by molar-refractivity contribution is -0.0658. The van der Waals surface area contributed by atoms with Crippen LogP contribution in [0.15, 0.2) is 4.52 Å². The van der Waals surface area contributed by atoms with Crippen LogP contribution < -0.4 is 5.32 Å². The number of ether oxygens (including phenoxy) is 1. The Kier molecular flexibility index (Phi) is 5.76. The summed E-state index contributed by atoms with van der Waals surface area (Å²) in [7, 11) is 1.77. The van der Waals surface area contributed by atoms with Crippen molar-refractivity contribution >= 4 is 0 Å². The van der Waals surface area contributed by atoms with Crippen molar-refractivity contribution < 1.29 is 9.26 Å². The maximum atomic E-state index is 5.82. The third-order valence-electron chi connectivity index (χ3n) is 4.57. The second kappa shape index (κ2) is 7.36. The molecule has 1 N–H and O–H groups in total. The van der Waals surface area contributed by atoms with Crippen molar-refractivity contribution in [3.05, 3.63) is 11.7 Å². The number of aryl methyl sites for hydroxylation is 1. The average Bonchev–Trinajstić information content (AvgIpc) is 2.95. The van der Waals surface area contributed by atoms with Crippen molar-refractivity contribution in [1.29, 1.82) is 0 Å². The summed E-state index contributed by atoms with van der Waals surface area (Å²) in [4.78, 5) is 4.61. The van der Waals surface area contributed by atoms with E-state index in [-0.39, 0.29) is 5.60 Å². The summed E-state index contributed by atoms with van der Waals surface area (Å²) in [6, 6.07) is 0.469. The highest BCUT2D eigenvalue weighted by Gasteiger charge is 2.40. The Balaban J connectivity index is 2.00. The molecule has 1 heterocycles. The van der Waals surface area contributed by atoms with Gasteiger partial charge in [-0.05, 0) is 45.1 Å². The van der Waals surface area contributed by atoms with Crippen molar-refractivity contribution in [2.24, 2.45) is 5.92 Å². The molecule has 1 aliphatic rings. The predicted octanol–water partition coefficient (Wildman–Crippen LogP) is 3.05. The summed E-state index contributed by atoms with van der Waals surface area (Å²) in [6.07, 6.45) is 6.21.